The van der Waals surface area contributed by atoms with Gasteiger partial charge in [0.2, 0.25) is 0 Å². The molecule has 0 spiro atoms. The van der Waals surface area contributed by atoms with Crippen molar-refractivity contribution in [1.82, 2.24) is 9.21 Å². The van der Waals surface area contributed by atoms with E-state index >= 15 is 0 Å². The van der Waals surface area contributed by atoms with E-state index in [4.69, 9.17) is 10.5 Å². The van der Waals surface area contributed by atoms with E-state index in [0.717, 1.165) is 4.31 Å². The quantitative estimate of drug-likeness (QED) is 0.732. The van der Waals surface area contributed by atoms with E-state index in [1.807, 2.05) is 18.2 Å². The minimum absolute atomic E-state index is 0.0778. The molecule has 2 aliphatic rings. The maximum Gasteiger partial charge on any atom is 0.272 e. The van der Waals surface area contributed by atoms with E-state index in [-0.39, 0.29) is 16.3 Å². The Bertz CT molecular complexity index is 1140. The lowest BCUT2D eigenvalue weighted by molar-refractivity contribution is -0.131. The lowest BCUT2D eigenvalue weighted by atomic mass is 10.0. The van der Waals surface area contributed by atoms with Crippen LogP contribution in [0.3, 0.4) is 0 Å². The van der Waals surface area contributed by atoms with Gasteiger partial charge in [0, 0.05) is 25.7 Å². The number of carbonyl (C=O) groups excluding carboxylic acids is 1. The van der Waals surface area contributed by atoms with Crippen LogP contribution in [0, 0.1) is 0 Å². The van der Waals surface area contributed by atoms with Gasteiger partial charge in [-0.25, -0.2) is 13.4 Å². The SMILES string of the molecule is CN1C(=C(N)C(=O)N2CCOCC2)C(=Nc2ccccc2)c2ccccc2S1(=O)=O. The number of likely N-dealkylation sites (N-methyl/N-ethyl adjacent to an activating group) is 1. The lowest BCUT2D eigenvalue weighted by Crippen LogP contribution is -2.46. The molecule has 1 fully saturated rings. The average Bonchev–Trinajstić information content (AvgIpc) is 2.78. The number of benzene rings is 2. The van der Waals surface area contributed by atoms with Gasteiger partial charge in [0.25, 0.3) is 15.9 Å². The molecule has 2 aromatic carbocycles. The molecule has 2 aliphatic heterocycles. The molecular formula is C21H22N4O4S. The van der Waals surface area contributed by atoms with Crippen molar-refractivity contribution in [3.8, 4) is 0 Å². The Kier molecular flexibility index (Phi) is 5.31. The Balaban J connectivity index is 1.94. The number of para-hydroxylation sites is 1. The molecule has 2 heterocycles. The van der Waals surface area contributed by atoms with E-state index in [2.05, 4.69) is 4.99 Å². The summed E-state index contributed by atoms with van der Waals surface area (Å²) in [6.45, 7) is 1.61. The monoisotopic (exact) mass is 426 g/mol. The highest BCUT2D eigenvalue weighted by atomic mass is 32.2. The van der Waals surface area contributed by atoms with Crippen molar-refractivity contribution in [1.29, 1.82) is 0 Å². The second-order valence-corrected chi connectivity index (χ2v) is 8.87. The van der Waals surface area contributed by atoms with Crippen molar-refractivity contribution in [2.75, 3.05) is 33.4 Å². The summed E-state index contributed by atoms with van der Waals surface area (Å²) in [5.41, 5.74) is 7.59. The van der Waals surface area contributed by atoms with Crippen LogP contribution >= 0.6 is 0 Å². The molecule has 9 heteroatoms. The molecule has 0 atom stereocenters. The van der Waals surface area contributed by atoms with Crippen LogP contribution < -0.4 is 5.73 Å². The highest BCUT2D eigenvalue weighted by Gasteiger charge is 2.39. The zero-order valence-electron chi connectivity index (χ0n) is 16.5. The van der Waals surface area contributed by atoms with E-state index in [9.17, 15) is 13.2 Å². The van der Waals surface area contributed by atoms with Crippen LogP contribution in [0.1, 0.15) is 5.56 Å². The van der Waals surface area contributed by atoms with Gasteiger partial charge in [0.15, 0.2) is 0 Å². The number of fused-ring (bicyclic) bond motifs is 1. The summed E-state index contributed by atoms with van der Waals surface area (Å²) < 4.78 is 32.6. The van der Waals surface area contributed by atoms with Crippen LogP contribution in [-0.2, 0) is 19.6 Å². The highest BCUT2D eigenvalue weighted by Crippen LogP contribution is 2.34. The number of carbonyl (C=O) groups is 1. The minimum Gasteiger partial charge on any atom is -0.392 e. The Hall–Kier alpha value is -3.17. The summed E-state index contributed by atoms with van der Waals surface area (Å²) >= 11 is 0. The Labute approximate surface area is 175 Å². The van der Waals surface area contributed by atoms with Crippen molar-refractivity contribution < 1.29 is 17.9 Å². The number of hydrogen-bond donors (Lipinski definition) is 1. The Morgan fingerprint density at radius 3 is 2.37 bits per heavy atom. The topological polar surface area (TPSA) is 105 Å². The standard InChI is InChI=1S/C21H22N4O4S/c1-24-20(18(22)21(26)25-11-13-29-14-12-25)19(23-15-7-3-2-4-8-15)16-9-5-6-10-17(16)30(24,27)28/h2-10H,11-14,22H2,1H3. The first-order chi connectivity index (χ1) is 14.4. The van der Waals surface area contributed by atoms with Crippen LogP contribution in [0.5, 0.6) is 0 Å². The van der Waals surface area contributed by atoms with Crippen molar-refractivity contribution in [2.24, 2.45) is 10.7 Å². The number of nitrogens with zero attached hydrogens (tertiary/aromatic N) is 3. The number of ether oxygens (including phenoxy) is 1. The summed E-state index contributed by atoms with van der Waals surface area (Å²) in [5.74, 6) is -0.435. The molecule has 0 aliphatic carbocycles. The number of hydrogen-bond acceptors (Lipinski definition) is 6. The third-order valence-electron chi connectivity index (χ3n) is 5.10. The van der Waals surface area contributed by atoms with Crippen LogP contribution in [0.15, 0.2) is 75.9 Å². The summed E-state index contributed by atoms with van der Waals surface area (Å²) in [4.78, 5) is 19.4. The van der Waals surface area contributed by atoms with Gasteiger partial charge in [-0.3, -0.25) is 9.10 Å². The fourth-order valence-corrected chi connectivity index (χ4v) is 4.93. The number of aliphatic imine (C=N–C) groups is 1. The summed E-state index contributed by atoms with van der Waals surface area (Å²) in [6.07, 6.45) is 0. The van der Waals surface area contributed by atoms with Gasteiger partial charge >= 0.3 is 0 Å². The van der Waals surface area contributed by atoms with Crippen molar-refractivity contribution in [3.63, 3.8) is 0 Å². The molecular weight excluding hydrogens is 404 g/mol. The summed E-state index contributed by atoms with van der Waals surface area (Å²) in [7, 11) is -2.50. The molecule has 0 radical (unpaired) electrons. The van der Waals surface area contributed by atoms with Crippen molar-refractivity contribution in [2.45, 2.75) is 4.90 Å². The molecule has 0 unspecified atom stereocenters. The number of nitrogens with two attached hydrogens (primary N) is 1. The fourth-order valence-electron chi connectivity index (χ4n) is 3.51. The average molecular weight is 426 g/mol. The summed E-state index contributed by atoms with van der Waals surface area (Å²) in [6, 6.07) is 15.7. The number of amides is 1. The number of sulfonamides is 1. The lowest BCUT2D eigenvalue weighted by Gasteiger charge is -2.33. The molecule has 0 saturated carbocycles. The molecule has 2 N–H and O–H groups in total. The van der Waals surface area contributed by atoms with Gasteiger partial charge < -0.3 is 15.4 Å². The Morgan fingerprint density at radius 1 is 1.03 bits per heavy atom. The maximum absolute atomic E-state index is 13.2. The molecule has 0 aromatic heterocycles. The van der Waals surface area contributed by atoms with E-state index in [1.165, 1.54) is 13.1 Å². The van der Waals surface area contributed by atoms with E-state index in [1.54, 1.807) is 35.2 Å². The molecule has 2 aromatic rings. The van der Waals surface area contributed by atoms with Crippen LogP contribution in [0.25, 0.3) is 0 Å². The zero-order valence-corrected chi connectivity index (χ0v) is 17.3. The van der Waals surface area contributed by atoms with Gasteiger partial charge in [-0.05, 0) is 18.2 Å². The smallest absolute Gasteiger partial charge is 0.272 e. The molecule has 1 amide bonds. The fraction of sp³-hybridized carbons (Fsp3) is 0.238. The van der Waals surface area contributed by atoms with Crippen LogP contribution in [-0.4, -0.2) is 62.6 Å². The first kappa shape index (κ1) is 20.1. The normalized spacial score (nSPS) is 21.3. The molecule has 1 saturated heterocycles. The first-order valence-corrected chi connectivity index (χ1v) is 10.9. The zero-order chi connectivity index (χ0) is 21.3. The van der Waals surface area contributed by atoms with Gasteiger partial charge in [-0.2, -0.15) is 0 Å². The second-order valence-electron chi connectivity index (χ2n) is 6.93. The number of rotatable bonds is 2. The molecule has 8 nitrogen and oxygen atoms in total. The maximum atomic E-state index is 13.2. The largest absolute Gasteiger partial charge is 0.392 e. The van der Waals surface area contributed by atoms with E-state index < -0.39 is 15.9 Å². The van der Waals surface area contributed by atoms with E-state index in [0.29, 0.717) is 43.3 Å². The third kappa shape index (κ3) is 3.46. The predicted octanol–water partition coefficient (Wildman–Crippen LogP) is 1.47. The molecule has 4 rings (SSSR count). The first-order valence-electron chi connectivity index (χ1n) is 9.50. The van der Waals surface area contributed by atoms with Gasteiger partial charge in [0.1, 0.15) is 11.4 Å². The van der Waals surface area contributed by atoms with Gasteiger partial charge in [-0.1, -0.05) is 36.4 Å². The molecule has 0 bridgehead atoms. The van der Waals surface area contributed by atoms with Gasteiger partial charge in [-0.15, -0.1) is 0 Å². The number of allylic oxidation sites excluding steroid dienone is 1. The molecule has 30 heavy (non-hydrogen) atoms. The minimum atomic E-state index is -3.89. The highest BCUT2D eigenvalue weighted by molar-refractivity contribution is 7.89. The van der Waals surface area contributed by atoms with Crippen LogP contribution in [0.2, 0.25) is 0 Å². The second kappa shape index (κ2) is 7.92. The van der Waals surface area contributed by atoms with Crippen molar-refractivity contribution in [3.05, 3.63) is 71.6 Å². The van der Waals surface area contributed by atoms with Crippen LogP contribution in [0.4, 0.5) is 5.69 Å². The third-order valence-corrected chi connectivity index (χ3v) is 6.92. The summed E-state index contributed by atoms with van der Waals surface area (Å²) in [5, 5.41) is 0. The Morgan fingerprint density at radius 2 is 1.67 bits per heavy atom. The number of morpholine rings is 1. The predicted molar refractivity (Wildman–Crippen MR) is 113 cm³/mol. The van der Waals surface area contributed by atoms with Gasteiger partial charge in [0.05, 0.1) is 29.5 Å². The molecule has 156 valence electrons. The van der Waals surface area contributed by atoms with Crippen molar-refractivity contribution >= 4 is 27.3 Å².